The summed E-state index contributed by atoms with van der Waals surface area (Å²) in [5, 5.41) is 3.51. The van der Waals surface area contributed by atoms with Gasteiger partial charge in [0.2, 0.25) is 10.0 Å². The van der Waals surface area contributed by atoms with E-state index < -0.39 is 28.5 Å². The van der Waals surface area contributed by atoms with Crippen molar-refractivity contribution in [3.8, 4) is 0 Å². The molecule has 0 unspecified atom stereocenters. The molecule has 0 spiro atoms. The fraction of sp³-hybridized carbons (Fsp3) is 0.304. The van der Waals surface area contributed by atoms with Gasteiger partial charge in [0.1, 0.15) is 5.69 Å². The second kappa shape index (κ2) is 8.76. The van der Waals surface area contributed by atoms with Crippen LogP contribution in [0.3, 0.4) is 0 Å². The summed E-state index contributed by atoms with van der Waals surface area (Å²) >= 11 is 0. The average molecular weight is 456 g/mol. The van der Waals surface area contributed by atoms with Crippen LogP contribution in [0.1, 0.15) is 34.5 Å². The lowest BCUT2D eigenvalue weighted by Crippen LogP contribution is -2.28. The summed E-state index contributed by atoms with van der Waals surface area (Å²) < 4.78 is 32.0. The first-order chi connectivity index (χ1) is 15.2. The Morgan fingerprint density at radius 1 is 1.09 bits per heavy atom. The van der Waals surface area contributed by atoms with E-state index in [9.17, 15) is 18.0 Å². The normalized spacial score (nSPS) is 14.6. The molecule has 0 bridgehead atoms. The number of fused-ring (bicyclic) bond motifs is 1. The maximum Gasteiger partial charge on any atom is 0.355 e. The predicted octanol–water partition coefficient (Wildman–Crippen LogP) is 3.36. The lowest BCUT2D eigenvalue weighted by molar-refractivity contribution is -0.119. The van der Waals surface area contributed by atoms with Crippen molar-refractivity contribution in [3.63, 3.8) is 0 Å². The average Bonchev–Trinajstić information content (AvgIpc) is 3.43. The number of aromatic amines is 1. The third kappa shape index (κ3) is 4.53. The first kappa shape index (κ1) is 22.0. The van der Waals surface area contributed by atoms with Gasteiger partial charge in [-0.1, -0.05) is 12.1 Å². The summed E-state index contributed by atoms with van der Waals surface area (Å²) in [6.45, 7) is 4.45. The summed E-state index contributed by atoms with van der Waals surface area (Å²) in [6, 6.07) is 11.7. The van der Waals surface area contributed by atoms with E-state index in [0.717, 1.165) is 34.9 Å². The second-order valence-electron chi connectivity index (χ2n) is 7.99. The third-order valence-corrected chi connectivity index (χ3v) is 7.36. The number of carbonyl (C=O) groups is 2. The zero-order valence-corrected chi connectivity index (χ0v) is 18.8. The number of nitrogens with zero attached hydrogens (tertiary/aromatic N) is 1. The summed E-state index contributed by atoms with van der Waals surface area (Å²) in [7, 11) is -3.59. The highest BCUT2D eigenvalue weighted by atomic mass is 32.2. The number of benzene rings is 2. The van der Waals surface area contributed by atoms with Crippen molar-refractivity contribution in [2.45, 2.75) is 31.6 Å². The lowest BCUT2D eigenvalue weighted by Gasteiger charge is -2.16. The number of hydrogen-bond acceptors (Lipinski definition) is 5. The molecule has 0 saturated carbocycles. The van der Waals surface area contributed by atoms with Gasteiger partial charge in [0, 0.05) is 29.7 Å². The molecule has 4 rings (SSSR count). The van der Waals surface area contributed by atoms with Crippen LogP contribution in [0.2, 0.25) is 0 Å². The molecule has 168 valence electrons. The summed E-state index contributed by atoms with van der Waals surface area (Å²) in [4.78, 5) is 27.8. The van der Waals surface area contributed by atoms with Crippen LogP contribution in [-0.4, -0.2) is 49.3 Å². The highest BCUT2D eigenvalue weighted by Crippen LogP contribution is 2.24. The van der Waals surface area contributed by atoms with Crippen molar-refractivity contribution in [2.75, 3.05) is 25.0 Å². The number of aryl methyl sites for hydroxylation is 2. The fourth-order valence-corrected chi connectivity index (χ4v) is 5.49. The number of sulfonamides is 1. The molecule has 2 N–H and O–H groups in total. The minimum atomic E-state index is -3.59. The first-order valence-electron chi connectivity index (χ1n) is 10.4. The number of nitrogens with one attached hydrogen (secondary N) is 2. The number of aromatic nitrogens is 1. The predicted molar refractivity (Wildman–Crippen MR) is 121 cm³/mol. The van der Waals surface area contributed by atoms with Gasteiger partial charge >= 0.3 is 5.97 Å². The van der Waals surface area contributed by atoms with E-state index in [-0.39, 0.29) is 10.6 Å². The van der Waals surface area contributed by atoms with Gasteiger partial charge in [0.25, 0.3) is 5.91 Å². The van der Waals surface area contributed by atoms with E-state index in [0.29, 0.717) is 18.8 Å². The number of carbonyl (C=O) groups excluding carboxylic acids is 2. The van der Waals surface area contributed by atoms with E-state index >= 15 is 0 Å². The van der Waals surface area contributed by atoms with Gasteiger partial charge in [0.15, 0.2) is 6.61 Å². The number of ether oxygens (including phenoxy) is 1. The number of amides is 1. The van der Waals surface area contributed by atoms with Crippen LogP contribution in [0, 0.1) is 13.8 Å². The molecule has 3 aromatic rings. The van der Waals surface area contributed by atoms with Gasteiger partial charge in [0.05, 0.1) is 4.90 Å². The number of esters is 1. The van der Waals surface area contributed by atoms with E-state index in [4.69, 9.17) is 4.74 Å². The maximum atomic E-state index is 12.7. The molecule has 8 nitrogen and oxygen atoms in total. The van der Waals surface area contributed by atoms with Crippen LogP contribution >= 0.6 is 0 Å². The minimum Gasteiger partial charge on any atom is -0.451 e. The standard InChI is InChI=1S/C23H25N3O5S/c1-15-10-16(2)19-13-21(25-20(19)11-15)23(28)31-14-22(27)24-17-6-5-7-18(12-17)32(29,30)26-8-3-4-9-26/h5-7,10-13,25H,3-4,8-9,14H2,1-2H3,(H,24,27). The molecular formula is C23H25N3O5S. The highest BCUT2D eigenvalue weighted by Gasteiger charge is 2.27. The van der Waals surface area contributed by atoms with Crippen LogP contribution in [0.15, 0.2) is 47.4 Å². The Hall–Kier alpha value is -3.17. The van der Waals surface area contributed by atoms with Crippen LogP contribution in [0.25, 0.3) is 10.9 Å². The van der Waals surface area contributed by atoms with Crippen LogP contribution in [0.5, 0.6) is 0 Å². The molecule has 1 aromatic heterocycles. The molecule has 0 aliphatic carbocycles. The Kier molecular flexibility index (Phi) is 6.03. The second-order valence-corrected chi connectivity index (χ2v) is 9.93. The smallest absolute Gasteiger partial charge is 0.355 e. The molecule has 0 atom stereocenters. The molecule has 1 saturated heterocycles. The lowest BCUT2D eigenvalue weighted by atomic mass is 10.1. The van der Waals surface area contributed by atoms with Gasteiger partial charge in [-0.15, -0.1) is 0 Å². The Labute approximate surface area is 186 Å². The number of hydrogen-bond donors (Lipinski definition) is 2. The van der Waals surface area contributed by atoms with Crippen LogP contribution < -0.4 is 5.32 Å². The first-order valence-corrected chi connectivity index (χ1v) is 11.9. The van der Waals surface area contributed by atoms with Crippen molar-refractivity contribution in [1.29, 1.82) is 0 Å². The molecule has 1 aliphatic rings. The topological polar surface area (TPSA) is 109 Å². The largest absolute Gasteiger partial charge is 0.451 e. The molecule has 1 aliphatic heterocycles. The van der Waals surface area contributed by atoms with Crippen LogP contribution in [0.4, 0.5) is 5.69 Å². The van der Waals surface area contributed by atoms with E-state index in [1.54, 1.807) is 18.2 Å². The quantitative estimate of drug-likeness (QED) is 0.554. The molecule has 0 radical (unpaired) electrons. The molecule has 2 aromatic carbocycles. The van der Waals surface area contributed by atoms with Crippen molar-refractivity contribution < 1.29 is 22.7 Å². The van der Waals surface area contributed by atoms with Crippen molar-refractivity contribution in [1.82, 2.24) is 9.29 Å². The Morgan fingerprint density at radius 3 is 2.59 bits per heavy atom. The van der Waals surface area contributed by atoms with Gasteiger partial charge in [-0.25, -0.2) is 13.2 Å². The Balaban J connectivity index is 1.39. The van der Waals surface area contributed by atoms with Gasteiger partial charge in [-0.3, -0.25) is 4.79 Å². The fourth-order valence-electron chi connectivity index (χ4n) is 3.93. The van der Waals surface area contributed by atoms with Gasteiger partial charge in [-0.2, -0.15) is 4.31 Å². The van der Waals surface area contributed by atoms with E-state index in [1.807, 2.05) is 26.0 Å². The zero-order chi connectivity index (χ0) is 22.9. The zero-order valence-electron chi connectivity index (χ0n) is 18.0. The highest BCUT2D eigenvalue weighted by molar-refractivity contribution is 7.89. The van der Waals surface area contributed by atoms with Gasteiger partial charge in [-0.05, 0) is 68.1 Å². The molecule has 1 fully saturated rings. The third-order valence-electron chi connectivity index (χ3n) is 5.46. The number of rotatable bonds is 6. The Morgan fingerprint density at radius 2 is 1.84 bits per heavy atom. The van der Waals surface area contributed by atoms with Crippen LogP contribution in [-0.2, 0) is 19.6 Å². The molecular weight excluding hydrogens is 430 g/mol. The molecule has 32 heavy (non-hydrogen) atoms. The number of anilines is 1. The van der Waals surface area contributed by atoms with E-state index in [2.05, 4.69) is 10.3 Å². The monoisotopic (exact) mass is 455 g/mol. The Bertz CT molecular complexity index is 1290. The molecule has 9 heteroatoms. The maximum absolute atomic E-state index is 12.7. The molecule has 2 heterocycles. The summed E-state index contributed by atoms with van der Waals surface area (Å²) in [5.74, 6) is -1.20. The van der Waals surface area contributed by atoms with Crippen molar-refractivity contribution in [3.05, 3.63) is 59.3 Å². The van der Waals surface area contributed by atoms with Crippen molar-refractivity contribution >= 4 is 38.5 Å². The minimum absolute atomic E-state index is 0.123. The SMILES string of the molecule is Cc1cc(C)c2cc(C(=O)OCC(=O)Nc3cccc(S(=O)(=O)N4CCCC4)c3)[nH]c2c1. The summed E-state index contributed by atoms with van der Waals surface area (Å²) in [6.07, 6.45) is 1.69. The summed E-state index contributed by atoms with van der Waals surface area (Å²) in [5.41, 5.74) is 3.53. The van der Waals surface area contributed by atoms with E-state index in [1.165, 1.54) is 16.4 Å². The van der Waals surface area contributed by atoms with Gasteiger partial charge < -0.3 is 15.0 Å². The van der Waals surface area contributed by atoms with Crippen molar-refractivity contribution in [2.24, 2.45) is 0 Å². The number of H-pyrrole nitrogens is 1. The molecule has 1 amide bonds.